The van der Waals surface area contributed by atoms with E-state index in [1.165, 1.54) is 11.6 Å². The first-order valence-electron chi connectivity index (χ1n) is 12.8. The smallest absolute Gasteiger partial charge is 0.227 e. The van der Waals surface area contributed by atoms with Gasteiger partial charge in [-0.3, -0.25) is 14.5 Å². The molecule has 0 atom stereocenters. The fourth-order valence-corrected chi connectivity index (χ4v) is 5.89. The molecule has 0 spiro atoms. The van der Waals surface area contributed by atoms with Gasteiger partial charge in [-0.1, -0.05) is 22.0 Å². The van der Waals surface area contributed by atoms with Gasteiger partial charge in [0.2, 0.25) is 5.91 Å². The summed E-state index contributed by atoms with van der Waals surface area (Å²) in [5, 5.41) is 7.00. The van der Waals surface area contributed by atoms with E-state index in [-0.39, 0.29) is 29.9 Å². The highest BCUT2D eigenvalue weighted by Crippen LogP contribution is 2.29. The van der Waals surface area contributed by atoms with Crippen LogP contribution in [0.3, 0.4) is 0 Å². The summed E-state index contributed by atoms with van der Waals surface area (Å²) in [4.78, 5) is 27.5. The number of fused-ring (bicyclic) bond motifs is 1. The second kappa shape index (κ2) is 12.1. The molecular formula is C28H31Br2N3O4. The summed E-state index contributed by atoms with van der Waals surface area (Å²) in [6, 6.07) is 13.2. The molecule has 37 heavy (non-hydrogen) atoms. The van der Waals surface area contributed by atoms with Gasteiger partial charge in [0.15, 0.2) is 5.43 Å². The maximum absolute atomic E-state index is 12.7. The Hall–Kier alpha value is -2.20. The van der Waals surface area contributed by atoms with E-state index in [1.807, 2.05) is 0 Å². The third-order valence-corrected chi connectivity index (χ3v) is 8.12. The number of rotatable bonds is 7. The van der Waals surface area contributed by atoms with E-state index in [0.717, 1.165) is 73.1 Å². The maximum Gasteiger partial charge on any atom is 0.227 e. The number of hydrogen-bond donors (Lipinski definition) is 2. The number of amides is 1. The van der Waals surface area contributed by atoms with Crippen LogP contribution < -0.4 is 20.8 Å². The Morgan fingerprint density at radius 3 is 2.59 bits per heavy atom. The standard InChI is InChI=1S/C28H31Br2N3O4/c29-19-2-3-23-25(34)15-22(37-27(23)14-19)16-28(35)32-20-7-11-33(12-8-20)17-18-1-4-26(24(30)13-18)36-21-5-9-31-10-6-21/h1-4,13-15,20-21,31H,5-12,16-17H2,(H,32,35). The van der Waals surface area contributed by atoms with Crippen molar-refractivity contribution in [3.8, 4) is 5.75 Å². The largest absolute Gasteiger partial charge is 0.489 e. The Kier molecular flexibility index (Phi) is 8.64. The number of hydrogen-bond acceptors (Lipinski definition) is 6. The normalized spacial score (nSPS) is 17.7. The van der Waals surface area contributed by atoms with Crippen LogP contribution in [0, 0.1) is 0 Å². The van der Waals surface area contributed by atoms with Crippen molar-refractivity contribution in [2.24, 2.45) is 0 Å². The molecule has 0 radical (unpaired) electrons. The number of benzene rings is 2. The number of carbonyl (C=O) groups excluding carboxylic acids is 1. The quantitative estimate of drug-likeness (QED) is 0.390. The Morgan fingerprint density at radius 2 is 1.84 bits per heavy atom. The van der Waals surface area contributed by atoms with Crippen LogP contribution >= 0.6 is 31.9 Å². The van der Waals surface area contributed by atoms with E-state index in [1.54, 1.807) is 18.2 Å². The molecule has 3 heterocycles. The number of halogens is 2. The van der Waals surface area contributed by atoms with Crippen molar-refractivity contribution in [3.63, 3.8) is 0 Å². The van der Waals surface area contributed by atoms with E-state index in [2.05, 4.69) is 65.6 Å². The van der Waals surface area contributed by atoms with Gasteiger partial charge < -0.3 is 19.8 Å². The predicted octanol–water partition coefficient (Wildman–Crippen LogP) is 4.77. The van der Waals surface area contributed by atoms with Gasteiger partial charge in [-0.25, -0.2) is 0 Å². The molecular weight excluding hydrogens is 602 g/mol. The fraction of sp³-hybridized carbons (Fsp3) is 0.429. The average Bonchev–Trinajstić information content (AvgIpc) is 2.87. The highest BCUT2D eigenvalue weighted by Gasteiger charge is 2.22. The van der Waals surface area contributed by atoms with Crippen molar-refractivity contribution in [1.82, 2.24) is 15.5 Å². The van der Waals surface area contributed by atoms with Gasteiger partial charge in [-0.15, -0.1) is 0 Å². The molecule has 1 amide bonds. The highest BCUT2D eigenvalue weighted by atomic mass is 79.9. The molecule has 2 aliphatic rings. The molecule has 196 valence electrons. The molecule has 1 aromatic heterocycles. The van der Waals surface area contributed by atoms with E-state index in [9.17, 15) is 9.59 Å². The molecule has 2 aliphatic heterocycles. The third kappa shape index (κ3) is 7.02. The van der Waals surface area contributed by atoms with Crippen LogP contribution in [0.15, 0.2) is 60.6 Å². The Balaban J connectivity index is 1.09. The van der Waals surface area contributed by atoms with Crippen molar-refractivity contribution in [1.29, 1.82) is 0 Å². The van der Waals surface area contributed by atoms with Crippen molar-refractivity contribution in [3.05, 3.63) is 73.0 Å². The van der Waals surface area contributed by atoms with Crippen LogP contribution in [0.2, 0.25) is 0 Å². The molecule has 0 saturated carbocycles. The number of nitrogens with zero attached hydrogens (tertiary/aromatic N) is 1. The van der Waals surface area contributed by atoms with Gasteiger partial charge in [0.1, 0.15) is 23.2 Å². The number of likely N-dealkylation sites (tertiary alicyclic amines) is 1. The maximum atomic E-state index is 12.7. The van der Waals surface area contributed by atoms with E-state index in [4.69, 9.17) is 9.15 Å². The van der Waals surface area contributed by atoms with Gasteiger partial charge in [0.05, 0.1) is 16.3 Å². The Morgan fingerprint density at radius 1 is 1.05 bits per heavy atom. The molecule has 0 unspecified atom stereocenters. The molecule has 2 aromatic carbocycles. The third-order valence-electron chi connectivity index (χ3n) is 7.01. The lowest BCUT2D eigenvalue weighted by atomic mass is 10.0. The van der Waals surface area contributed by atoms with Crippen LogP contribution in [-0.2, 0) is 17.8 Å². The molecule has 2 saturated heterocycles. The average molecular weight is 633 g/mol. The van der Waals surface area contributed by atoms with Crippen LogP contribution in [0.1, 0.15) is 37.0 Å². The first-order valence-corrected chi connectivity index (χ1v) is 14.4. The topological polar surface area (TPSA) is 83.8 Å². The number of carbonyl (C=O) groups is 1. The minimum Gasteiger partial charge on any atom is -0.489 e. The van der Waals surface area contributed by atoms with Gasteiger partial charge in [0, 0.05) is 36.2 Å². The molecule has 0 bridgehead atoms. The highest BCUT2D eigenvalue weighted by molar-refractivity contribution is 9.10. The molecule has 5 rings (SSSR count). The Labute approximate surface area is 233 Å². The predicted molar refractivity (Wildman–Crippen MR) is 151 cm³/mol. The lowest BCUT2D eigenvalue weighted by Crippen LogP contribution is -2.44. The van der Waals surface area contributed by atoms with Crippen LogP contribution in [0.4, 0.5) is 0 Å². The van der Waals surface area contributed by atoms with Crippen molar-refractivity contribution in [2.75, 3.05) is 26.2 Å². The number of ether oxygens (including phenoxy) is 1. The zero-order chi connectivity index (χ0) is 25.8. The molecule has 7 nitrogen and oxygen atoms in total. The molecule has 9 heteroatoms. The summed E-state index contributed by atoms with van der Waals surface area (Å²) in [7, 11) is 0. The van der Waals surface area contributed by atoms with Gasteiger partial charge in [-0.2, -0.15) is 0 Å². The molecule has 2 N–H and O–H groups in total. The van der Waals surface area contributed by atoms with E-state index >= 15 is 0 Å². The monoisotopic (exact) mass is 631 g/mol. The van der Waals surface area contributed by atoms with Crippen molar-refractivity contribution >= 4 is 48.7 Å². The Bertz CT molecular complexity index is 1310. The summed E-state index contributed by atoms with van der Waals surface area (Å²) in [5.74, 6) is 1.17. The molecule has 0 aliphatic carbocycles. The van der Waals surface area contributed by atoms with Gasteiger partial charge >= 0.3 is 0 Å². The van der Waals surface area contributed by atoms with E-state index in [0.29, 0.717) is 16.7 Å². The number of piperidine rings is 2. The molecule has 2 fully saturated rings. The zero-order valence-corrected chi connectivity index (χ0v) is 23.8. The summed E-state index contributed by atoms with van der Waals surface area (Å²) in [5.41, 5.74) is 1.59. The van der Waals surface area contributed by atoms with E-state index < -0.39 is 0 Å². The van der Waals surface area contributed by atoms with Gasteiger partial charge in [0.25, 0.3) is 0 Å². The second-order valence-electron chi connectivity index (χ2n) is 9.84. The second-order valence-corrected chi connectivity index (χ2v) is 11.6. The van der Waals surface area contributed by atoms with Crippen LogP contribution in [0.25, 0.3) is 11.0 Å². The van der Waals surface area contributed by atoms with Crippen LogP contribution in [-0.4, -0.2) is 49.1 Å². The summed E-state index contributed by atoms with van der Waals surface area (Å²) >= 11 is 7.08. The van der Waals surface area contributed by atoms with Crippen molar-refractivity contribution in [2.45, 2.75) is 50.8 Å². The summed E-state index contributed by atoms with van der Waals surface area (Å²) in [6.07, 6.45) is 4.18. The first kappa shape index (κ1) is 26.4. The lowest BCUT2D eigenvalue weighted by molar-refractivity contribution is -0.121. The fourth-order valence-electron chi connectivity index (χ4n) is 5.03. The van der Waals surface area contributed by atoms with Crippen molar-refractivity contribution < 1.29 is 13.9 Å². The molecule has 3 aromatic rings. The first-order chi connectivity index (χ1) is 17.9. The minimum absolute atomic E-state index is 0.0533. The summed E-state index contributed by atoms with van der Waals surface area (Å²) in [6.45, 7) is 4.71. The zero-order valence-electron chi connectivity index (χ0n) is 20.6. The summed E-state index contributed by atoms with van der Waals surface area (Å²) < 4.78 is 13.8. The number of nitrogens with one attached hydrogen (secondary N) is 2. The van der Waals surface area contributed by atoms with Crippen LogP contribution in [0.5, 0.6) is 5.75 Å². The lowest BCUT2D eigenvalue weighted by Gasteiger charge is -2.32. The SMILES string of the molecule is O=C(Cc1cc(=O)c2ccc(Br)cc2o1)NC1CCN(Cc2ccc(OC3CCNCC3)c(Br)c2)CC1. The minimum atomic E-state index is -0.137. The van der Waals surface area contributed by atoms with Gasteiger partial charge in [-0.05, 0) is 90.6 Å².